The minimum absolute atomic E-state index is 0. The Kier molecular flexibility index (Phi) is 4.64. The van der Waals surface area contributed by atoms with Crippen LogP contribution in [0.4, 0.5) is 0 Å². The molecule has 0 amide bonds. The van der Waals surface area contributed by atoms with Crippen molar-refractivity contribution in [3.63, 3.8) is 0 Å². The number of thioether (sulfide) groups is 1. The van der Waals surface area contributed by atoms with Crippen LogP contribution < -0.4 is 5.32 Å². The third-order valence-electron chi connectivity index (χ3n) is 2.06. The summed E-state index contributed by atoms with van der Waals surface area (Å²) in [6.45, 7) is 2.35. The quantitative estimate of drug-likeness (QED) is 0.814. The molecule has 1 atom stereocenters. The van der Waals surface area contributed by atoms with E-state index in [1.54, 1.807) is 0 Å². The Bertz CT molecular complexity index is 234. The second-order valence-electron chi connectivity index (χ2n) is 3.05. The van der Waals surface area contributed by atoms with Crippen molar-refractivity contribution in [3.8, 4) is 0 Å². The first kappa shape index (κ1) is 10.9. The summed E-state index contributed by atoms with van der Waals surface area (Å²) in [6.07, 6.45) is 1.31. The summed E-state index contributed by atoms with van der Waals surface area (Å²) >= 11 is 1.99. The molecule has 1 nitrogen and oxygen atoms in total. The molecule has 1 N–H and O–H groups in total. The summed E-state index contributed by atoms with van der Waals surface area (Å²) in [6, 6.07) is 10.6. The molecule has 2 rings (SSSR count). The Morgan fingerprint density at radius 2 is 2.00 bits per heavy atom. The van der Waals surface area contributed by atoms with Crippen LogP contribution in [-0.2, 0) is 0 Å². The van der Waals surface area contributed by atoms with Gasteiger partial charge in [0.25, 0.3) is 0 Å². The lowest BCUT2D eigenvalue weighted by atomic mass is 10.4. The highest BCUT2D eigenvalue weighted by Crippen LogP contribution is 2.26. The summed E-state index contributed by atoms with van der Waals surface area (Å²) in [5, 5.41) is 4.16. The van der Waals surface area contributed by atoms with E-state index in [2.05, 4.69) is 35.6 Å². The monoisotopic (exact) mass is 215 g/mol. The van der Waals surface area contributed by atoms with E-state index in [4.69, 9.17) is 0 Å². The fourth-order valence-corrected chi connectivity index (χ4v) is 2.56. The highest BCUT2D eigenvalue weighted by molar-refractivity contribution is 8.00. The van der Waals surface area contributed by atoms with E-state index in [9.17, 15) is 0 Å². The zero-order chi connectivity index (χ0) is 8.23. The number of nitrogens with one attached hydrogen (secondary N) is 1. The molecule has 72 valence electrons. The van der Waals surface area contributed by atoms with E-state index in [0.717, 1.165) is 5.25 Å². The number of rotatable bonds is 2. The number of hydrogen-bond donors (Lipinski definition) is 1. The first-order chi connectivity index (χ1) is 5.95. The lowest BCUT2D eigenvalue weighted by Crippen LogP contribution is -2.09. The number of hydrogen-bond acceptors (Lipinski definition) is 2. The predicted molar refractivity (Wildman–Crippen MR) is 60.8 cm³/mol. The Morgan fingerprint density at radius 3 is 2.62 bits per heavy atom. The SMILES string of the molecule is Cl.c1ccc(SC2CCNC2)cc1. The van der Waals surface area contributed by atoms with Crippen molar-refractivity contribution in [1.82, 2.24) is 5.32 Å². The molecular weight excluding hydrogens is 202 g/mol. The average molecular weight is 216 g/mol. The van der Waals surface area contributed by atoms with Gasteiger partial charge in [-0.3, -0.25) is 0 Å². The first-order valence-electron chi connectivity index (χ1n) is 4.37. The van der Waals surface area contributed by atoms with Crippen molar-refractivity contribution in [2.45, 2.75) is 16.6 Å². The third-order valence-corrected chi connectivity index (χ3v) is 3.34. The molecule has 0 bridgehead atoms. The number of benzene rings is 1. The van der Waals surface area contributed by atoms with Gasteiger partial charge >= 0.3 is 0 Å². The van der Waals surface area contributed by atoms with Crippen LogP contribution in [0.5, 0.6) is 0 Å². The van der Waals surface area contributed by atoms with E-state index in [1.807, 2.05) is 11.8 Å². The van der Waals surface area contributed by atoms with Crippen molar-refractivity contribution >= 4 is 24.2 Å². The summed E-state index contributed by atoms with van der Waals surface area (Å²) in [5.41, 5.74) is 0. The highest BCUT2D eigenvalue weighted by Gasteiger charge is 2.14. The first-order valence-corrected chi connectivity index (χ1v) is 5.25. The standard InChI is InChI=1S/C10H13NS.ClH/c1-2-4-9(5-3-1)12-10-6-7-11-8-10;/h1-5,10-11H,6-8H2;1H. The van der Waals surface area contributed by atoms with Crippen LogP contribution in [-0.4, -0.2) is 18.3 Å². The van der Waals surface area contributed by atoms with E-state index in [-0.39, 0.29) is 12.4 Å². The molecule has 0 aliphatic carbocycles. The van der Waals surface area contributed by atoms with E-state index >= 15 is 0 Å². The molecule has 1 unspecified atom stereocenters. The van der Waals surface area contributed by atoms with Crippen molar-refractivity contribution in [1.29, 1.82) is 0 Å². The normalized spacial score (nSPS) is 21.1. The number of halogens is 1. The van der Waals surface area contributed by atoms with Gasteiger partial charge in [0.2, 0.25) is 0 Å². The average Bonchev–Trinajstić information content (AvgIpc) is 2.59. The molecule has 0 aromatic heterocycles. The van der Waals surface area contributed by atoms with Crippen LogP contribution in [0.25, 0.3) is 0 Å². The second-order valence-corrected chi connectivity index (χ2v) is 4.42. The molecule has 1 aliphatic heterocycles. The molecule has 1 heterocycles. The maximum absolute atomic E-state index is 3.37. The van der Waals surface area contributed by atoms with Crippen LogP contribution in [0.2, 0.25) is 0 Å². The van der Waals surface area contributed by atoms with Gasteiger partial charge in [0.15, 0.2) is 0 Å². The molecule has 0 saturated carbocycles. The molecule has 1 aromatic rings. The van der Waals surface area contributed by atoms with Gasteiger partial charge in [-0.2, -0.15) is 0 Å². The zero-order valence-corrected chi connectivity index (χ0v) is 9.03. The van der Waals surface area contributed by atoms with E-state index in [0.29, 0.717) is 0 Å². The largest absolute Gasteiger partial charge is 0.316 e. The molecule has 0 radical (unpaired) electrons. The van der Waals surface area contributed by atoms with Crippen molar-refractivity contribution in [2.24, 2.45) is 0 Å². The van der Waals surface area contributed by atoms with E-state index in [1.165, 1.54) is 24.4 Å². The third kappa shape index (κ3) is 3.22. The summed E-state index contributed by atoms with van der Waals surface area (Å²) in [7, 11) is 0. The van der Waals surface area contributed by atoms with Crippen molar-refractivity contribution < 1.29 is 0 Å². The summed E-state index contributed by atoms with van der Waals surface area (Å²) < 4.78 is 0. The van der Waals surface area contributed by atoms with Crippen LogP contribution in [0.15, 0.2) is 35.2 Å². The zero-order valence-electron chi connectivity index (χ0n) is 7.40. The van der Waals surface area contributed by atoms with Gasteiger partial charge in [0.1, 0.15) is 0 Å². The Labute approximate surface area is 89.7 Å². The Morgan fingerprint density at radius 1 is 1.23 bits per heavy atom. The molecule has 13 heavy (non-hydrogen) atoms. The van der Waals surface area contributed by atoms with Crippen molar-refractivity contribution in [2.75, 3.05) is 13.1 Å². The molecule has 1 aromatic carbocycles. The lowest BCUT2D eigenvalue weighted by Gasteiger charge is -2.06. The van der Waals surface area contributed by atoms with Crippen LogP contribution in [0.1, 0.15) is 6.42 Å². The van der Waals surface area contributed by atoms with Crippen LogP contribution >= 0.6 is 24.2 Å². The van der Waals surface area contributed by atoms with Gasteiger partial charge in [-0.25, -0.2) is 0 Å². The fraction of sp³-hybridized carbons (Fsp3) is 0.400. The predicted octanol–water partition coefficient (Wildman–Crippen LogP) is 2.56. The smallest absolute Gasteiger partial charge is 0.0231 e. The maximum atomic E-state index is 3.37. The Hall–Kier alpha value is -0.180. The second kappa shape index (κ2) is 5.53. The van der Waals surface area contributed by atoms with Gasteiger partial charge in [0, 0.05) is 16.7 Å². The van der Waals surface area contributed by atoms with Gasteiger partial charge in [-0.1, -0.05) is 18.2 Å². The van der Waals surface area contributed by atoms with E-state index < -0.39 is 0 Å². The van der Waals surface area contributed by atoms with Crippen molar-refractivity contribution in [3.05, 3.63) is 30.3 Å². The summed E-state index contributed by atoms with van der Waals surface area (Å²) in [4.78, 5) is 1.39. The molecular formula is C10H14ClNS. The highest BCUT2D eigenvalue weighted by atomic mass is 35.5. The minimum atomic E-state index is 0. The van der Waals surface area contributed by atoms with Gasteiger partial charge in [-0.15, -0.1) is 24.2 Å². The van der Waals surface area contributed by atoms with Gasteiger partial charge < -0.3 is 5.32 Å². The fourth-order valence-electron chi connectivity index (χ4n) is 1.42. The molecule has 0 spiro atoms. The maximum Gasteiger partial charge on any atom is 0.0231 e. The van der Waals surface area contributed by atoms with Gasteiger partial charge in [0.05, 0.1) is 0 Å². The van der Waals surface area contributed by atoms with Crippen LogP contribution in [0, 0.1) is 0 Å². The topological polar surface area (TPSA) is 12.0 Å². The molecule has 3 heteroatoms. The van der Waals surface area contributed by atoms with Gasteiger partial charge in [-0.05, 0) is 25.1 Å². The minimum Gasteiger partial charge on any atom is -0.316 e. The lowest BCUT2D eigenvalue weighted by molar-refractivity contribution is 0.858. The summed E-state index contributed by atoms with van der Waals surface area (Å²) in [5.74, 6) is 0. The van der Waals surface area contributed by atoms with Crippen LogP contribution in [0.3, 0.4) is 0 Å². The molecule has 1 aliphatic rings. The molecule has 1 saturated heterocycles. The molecule has 1 fully saturated rings. The Balaban J connectivity index is 0.000000845.